The van der Waals surface area contributed by atoms with Gasteiger partial charge in [0.1, 0.15) is 23.8 Å². The maximum Gasteiger partial charge on any atom is 0.407 e. The normalized spacial score (nSPS) is 27.9. The van der Waals surface area contributed by atoms with Crippen LogP contribution in [0.1, 0.15) is 96.9 Å². The highest BCUT2D eigenvalue weighted by Crippen LogP contribution is 2.77. The number of rotatable bonds is 13. The van der Waals surface area contributed by atoms with Gasteiger partial charge in [0, 0.05) is 43.0 Å². The molecule has 15 heteroatoms. The van der Waals surface area contributed by atoms with Gasteiger partial charge in [-0.25, -0.2) is 14.8 Å². The van der Waals surface area contributed by atoms with Crippen LogP contribution in [0, 0.1) is 29.1 Å². The summed E-state index contributed by atoms with van der Waals surface area (Å²) < 4.78 is 16.4. The second-order valence-corrected chi connectivity index (χ2v) is 19.2. The van der Waals surface area contributed by atoms with Gasteiger partial charge in [-0.15, -0.1) is 0 Å². The van der Waals surface area contributed by atoms with Crippen molar-refractivity contribution in [3.63, 3.8) is 0 Å². The number of halogens is 2. The Morgan fingerprint density at radius 3 is 1.77 bits per heavy atom. The van der Waals surface area contributed by atoms with E-state index in [4.69, 9.17) is 47.4 Å². The predicted molar refractivity (Wildman–Crippen MR) is 236 cm³/mol. The highest BCUT2D eigenvalue weighted by molar-refractivity contribution is 6.32. The molecule has 0 bridgehead atoms. The van der Waals surface area contributed by atoms with Crippen molar-refractivity contribution in [1.82, 2.24) is 35.1 Å². The molecule has 0 spiro atoms. The van der Waals surface area contributed by atoms with Crippen LogP contribution < -0.4 is 5.32 Å². The Hall–Kier alpha value is -4.43. The molecular formula is C47H57Cl2N7O6. The average molecular weight is 887 g/mol. The van der Waals surface area contributed by atoms with Crippen LogP contribution in [0.4, 0.5) is 4.79 Å². The van der Waals surface area contributed by atoms with Gasteiger partial charge in [-0.3, -0.25) is 9.59 Å². The molecule has 62 heavy (non-hydrogen) atoms. The summed E-state index contributed by atoms with van der Waals surface area (Å²) in [4.78, 5) is 61.2. The monoisotopic (exact) mass is 885 g/mol. The molecule has 4 heterocycles. The van der Waals surface area contributed by atoms with Gasteiger partial charge in [-0.2, -0.15) is 0 Å². The molecule has 3 aliphatic carbocycles. The standard InChI is InChI=1S/C47H57Cl2N7O6/c1-24-25(2)38(24)55(44(57)34-9-7-8-20-62-34)26(3)42-50-35(40(48)53-42)30-14-10-28(11-15-30)29-12-16-31(17-13-29)36-41(49)54-43(51-36)27(4)56(39-33-23-47(33,39)5)45(58)37(52-46(59)60-6)32-18-21-61-22-19-32/h10-17,24-27,32-34,37-39H,7-9,18-23H2,1-6H3,(H,50,53)(H,51,54)(H,52,59)/t24-,25+,26-,27-,33+,34+,37-,38-,39-,47+/m0/s1. The van der Waals surface area contributed by atoms with E-state index in [0.29, 0.717) is 83.8 Å². The van der Waals surface area contributed by atoms with Crippen LogP contribution in [0.5, 0.6) is 0 Å². The number of nitrogens with zero attached hydrogens (tertiary/aromatic N) is 4. The fraction of sp³-hybridized carbons (Fsp3) is 0.553. The third-order valence-electron chi connectivity index (χ3n) is 14.8. The van der Waals surface area contributed by atoms with Crippen LogP contribution >= 0.6 is 23.2 Å². The number of alkyl carbamates (subject to hydrolysis) is 1. The SMILES string of the molecule is COC(=O)N[C@H](C(=O)N([C@H]1[C@H]2C[C@]21C)[C@@H](C)c1nc(Cl)c(-c2ccc(-c3ccc(-c4[nH]c([C@H](C)N(C(=O)[C@H]5CCCCO5)[C@@H]5[C@H](C)[C@@H]5C)nc4Cl)cc3)cc2)[nH]1)C1CCOCC1. The van der Waals surface area contributed by atoms with Crippen molar-refractivity contribution in [2.24, 2.45) is 29.1 Å². The van der Waals surface area contributed by atoms with Gasteiger partial charge < -0.3 is 39.3 Å². The first-order valence-corrected chi connectivity index (χ1v) is 23.0. The van der Waals surface area contributed by atoms with Crippen LogP contribution in [0.15, 0.2) is 48.5 Å². The lowest BCUT2D eigenvalue weighted by Crippen LogP contribution is -2.55. The van der Waals surface area contributed by atoms with Crippen molar-refractivity contribution >= 4 is 41.1 Å². The van der Waals surface area contributed by atoms with Crippen LogP contribution in [0.2, 0.25) is 10.3 Å². The summed E-state index contributed by atoms with van der Waals surface area (Å²) >= 11 is 13.6. The van der Waals surface area contributed by atoms with Crippen molar-refractivity contribution in [2.75, 3.05) is 26.9 Å². The lowest BCUT2D eigenvalue weighted by atomic mass is 9.90. The molecule has 4 aromatic rings. The first-order chi connectivity index (χ1) is 29.8. The second-order valence-electron chi connectivity index (χ2n) is 18.5. The molecule has 330 valence electrons. The Labute approximate surface area is 373 Å². The Morgan fingerprint density at radius 1 is 0.806 bits per heavy atom. The van der Waals surface area contributed by atoms with Crippen molar-refractivity contribution in [3.05, 3.63) is 70.5 Å². The molecular weight excluding hydrogens is 829 g/mol. The van der Waals surface area contributed by atoms with Gasteiger partial charge in [0.05, 0.1) is 30.6 Å². The van der Waals surface area contributed by atoms with Crippen LogP contribution in [0.3, 0.4) is 0 Å². The summed E-state index contributed by atoms with van der Waals surface area (Å²) in [5.41, 5.74) is 5.22. The number of methoxy groups -OCH3 is 1. The molecule has 5 fully saturated rings. The van der Waals surface area contributed by atoms with E-state index in [9.17, 15) is 14.4 Å². The van der Waals surface area contributed by atoms with E-state index in [1.165, 1.54) is 7.11 Å². The Balaban J connectivity index is 0.903. The molecule has 3 amide bonds. The van der Waals surface area contributed by atoms with E-state index >= 15 is 0 Å². The number of benzene rings is 2. The molecule has 2 aliphatic heterocycles. The van der Waals surface area contributed by atoms with Gasteiger partial charge in [0.2, 0.25) is 5.91 Å². The summed E-state index contributed by atoms with van der Waals surface area (Å²) in [7, 11) is 1.31. The lowest BCUT2D eigenvalue weighted by molar-refractivity contribution is -0.150. The number of amides is 3. The Morgan fingerprint density at radius 2 is 1.32 bits per heavy atom. The molecule has 2 saturated heterocycles. The third-order valence-corrected chi connectivity index (χ3v) is 15.3. The predicted octanol–water partition coefficient (Wildman–Crippen LogP) is 9.00. The van der Waals surface area contributed by atoms with E-state index in [1.807, 2.05) is 60.0 Å². The molecule has 2 aromatic heterocycles. The minimum Gasteiger partial charge on any atom is -0.453 e. The number of aromatic nitrogens is 4. The lowest BCUT2D eigenvalue weighted by Gasteiger charge is -2.38. The summed E-state index contributed by atoms with van der Waals surface area (Å²) in [5, 5.41) is 3.54. The number of fused-ring (bicyclic) bond motifs is 1. The first-order valence-electron chi connectivity index (χ1n) is 22.2. The van der Waals surface area contributed by atoms with Crippen molar-refractivity contribution in [1.29, 1.82) is 0 Å². The third kappa shape index (κ3) is 7.92. The number of nitrogens with one attached hydrogen (secondary N) is 3. The fourth-order valence-electron chi connectivity index (χ4n) is 10.3. The number of hydrogen-bond acceptors (Lipinski definition) is 8. The minimum atomic E-state index is -0.740. The van der Waals surface area contributed by atoms with E-state index in [2.05, 4.69) is 48.2 Å². The molecule has 9 rings (SSSR count). The molecule has 10 atom stereocenters. The number of hydrogen-bond donors (Lipinski definition) is 3. The van der Waals surface area contributed by atoms with Gasteiger partial charge in [-0.1, -0.05) is 92.5 Å². The van der Waals surface area contributed by atoms with E-state index < -0.39 is 24.3 Å². The van der Waals surface area contributed by atoms with Gasteiger partial charge in [0.25, 0.3) is 5.91 Å². The van der Waals surface area contributed by atoms with E-state index in [-0.39, 0.29) is 41.3 Å². The van der Waals surface area contributed by atoms with E-state index in [1.54, 1.807) is 0 Å². The van der Waals surface area contributed by atoms with Crippen LogP contribution in [-0.4, -0.2) is 98.8 Å². The number of aromatic amines is 2. The molecule has 5 aliphatic rings. The summed E-state index contributed by atoms with van der Waals surface area (Å²) in [6.07, 6.45) is 4.10. The van der Waals surface area contributed by atoms with Crippen molar-refractivity contribution in [3.8, 4) is 33.6 Å². The average Bonchev–Trinajstić information content (AvgIpc) is 4.14. The zero-order chi connectivity index (χ0) is 43.6. The highest BCUT2D eigenvalue weighted by atomic mass is 35.5. The largest absolute Gasteiger partial charge is 0.453 e. The van der Waals surface area contributed by atoms with Gasteiger partial charge >= 0.3 is 6.09 Å². The maximum atomic E-state index is 14.5. The van der Waals surface area contributed by atoms with Gasteiger partial charge in [-0.05, 0) is 92.6 Å². The minimum absolute atomic E-state index is 0.0381. The van der Waals surface area contributed by atoms with Crippen LogP contribution in [-0.2, 0) is 23.8 Å². The number of carbonyl (C=O) groups is 3. The molecule has 13 nitrogen and oxygen atoms in total. The summed E-state index contributed by atoms with van der Waals surface area (Å²) in [6.45, 7) is 12.3. The number of H-pyrrole nitrogens is 2. The summed E-state index contributed by atoms with van der Waals surface area (Å²) in [6, 6.07) is 15.0. The quantitative estimate of drug-likeness (QED) is 0.120. The zero-order valence-corrected chi connectivity index (χ0v) is 37.8. The molecule has 0 unspecified atom stereocenters. The molecule has 2 aromatic carbocycles. The first kappa shape index (κ1) is 42.9. The number of imidazole rings is 2. The van der Waals surface area contributed by atoms with Crippen molar-refractivity contribution in [2.45, 2.75) is 109 Å². The van der Waals surface area contributed by atoms with Crippen LogP contribution in [0.25, 0.3) is 33.6 Å². The Bertz CT molecular complexity index is 2300. The summed E-state index contributed by atoms with van der Waals surface area (Å²) in [5.74, 6) is 2.32. The highest BCUT2D eigenvalue weighted by Gasteiger charge is 2.78. The number of carbonyl (C=O) groups excluding carboxylic acids is 3. The van der Waals surface area contributed by atoms with E-state index in [0.717, 1.165) is 47.9 Å². The fourth-order valence-corrected chi connectivity index (χ4v) is 10.8. The topological polar surface area (TPSA) is 155 Å². The maximum absolute atomic E-state index is 14.5. The molecule has 0 radical (unpaired) electrons. The molecule has 3 saturated carbocycles. The van der Waals surface area contributed by atoms with Gasteiger partial charge in [0.15, 0.2) is 10.3 Å². The Kier molecular flexibility index (Phi) is 11.7. The van der Waals surface area contributed by atoms with Crippen molar-refractivity contribution < 1.29 is 28.6 Å². The number of ether oxygens (including phenoxy) is 3. The second kappa shape index (κ2) is 16.9. The zero-order valence-electron chi connectivity index (χ0n) is 36.3. The molecule has 3 N–H and O–H groups in total. The smallest absolute Gasteiger partial charge is 0.407 e.